The smallest absolute Gasteiger partial charge is 0.272 e. The summed E-state index contributed by atoms with van der Waals surface area (Å²) in [7, 11) is 0. The van der Waals surface area contributed by atoms with Gasteiger partial charge in [0.1, 0.15) is 18.1 Å². The number of halogens is 1. The van der Waals surface area contributed by atoms with Crippen LogP contribution in [0.3, 0.4) is 0 Å². The molecule has 0 bridgehead atoms. The third-order valence-corrected chi connectivity index (χ3v) is 4.35. The van der Waals surface area contributed by atoms with Crippen molar-refractivity contribution in [2.75, 3.05) is 32.9 Å². The molecule has 1 unspecified atom stereocenters. The van der Waals surface area contributed by atoms with E-state index in [9.17, 15) is 9.18 Å². The van der Waals surface area contributed by atoms with Gasteiger partial charge in [-0.25, -0.2) is 9.37 Å². The van der Waals surface area contributed by atoms with Crippen LogP contribution in [0.2, 0.25) is 0 Å². The Bertz CT molecular complexity index is 825. The van der Waals surface area contributed by atoms with Gasteiger partial charge in [-0.15, -0.1) is 0 Å². The summed E-state index contributed by atoms with van der Waals surface area (Å²) in [6, 6.07) is 8.91. The van der Waals surface area contributed by atoms with Crippen molar-refractivity contribution < 1.29 is 18.7 Å². The number of pyridine rings is 1. The molecule has 2 N–H and O–H groups in total. The predicted octanol–water partition coefficient (Wildman–Crippen LogP) is 2.29. The Morgan fingerprint density at radius 2 is 2.31 bits per heavy atom. The van der Waals surface area contributed by atoms with Gasteiger partial charge in [0, 0.05) is 24.0 Å². The van der Waals surface area contributed by atoms with Gasteiger partial charge in [0.05, 0.1) is 31.1 Å². The number of carbonyl (C=O) groups excluding carboxylic acids is 1. The molecule has 138 valence electrons. The molecule has 1 aromatic carbocycles. The second-order valence-corrected chi connectivity index (χ2v) is 6.23. The van der Waals surface area contributed by atoms with Gasteiger partial charge >= 0.3 is 0 Å². The number of aromatic nitrogens is 1. The zero-order valence-corrected chi connectivity index (χ0v) is 14.7. The van der Waals surface area contributed by atoms with Crippen LogP contribution in [-0.2, 0) is 4.74 Å². The van der Waals surface area contributed by atoms with Crippen molar-refractivity contribution in [1.29, 1.82) is 0 Å². The molecule has 0 radical (unpaired) electrons. The molecule has 26 heavy (non-hydrogen) atoms. The lowest BCUT2D eigenvalue weighted by atomic mass is 10.1. The Balaban J connectivity index is 1.77. The molecule has 0 saturated carbocycles. The first-order valence-electron chi connectivity index (χ1n) is 8.53. The molecule has 0 spiro atoms. The molecule has 1 aliphatic rings. The van der Waals surface area contributed by atoms with Crippen LogP contribution in [-0.4, -0.2) is 54.7 Å². The fraction of sp³-hybridized carbons (Fsp3) is 0.368. The van der Waals surface area contributed by atoms with Crippen LogP contribution in [0.5, 0.6) is 5.75 Å². The third-order valence-electron chi connectivity index (χ3n) is 4.35. The standard InChI is InChI=1S/C19H22FN3O3/c1-13-11-25-7-6-23(13)19(24)18-4-2-15-8-16(3-5-17(15)22-18)26-12-14(9-20)10-21/h2-5,8-9,13H,6-7,10-12,21H2,1H3/b14-9+. The Morgan fingerprint density at radius 3 is 3.04 bits per heavy atom. The third kappa shape index (κ3) is 4.00. The molecule has 6 nitrogen and oxygen atoms in total. The minimum absolute atomic E-state index is 0.0322. The van der Waals surface area contributed by atoms with E-state index < -0.39 is 0 Å². The van der Waals surface area contributed by atoms with Crippen LogP contribution in [0.4, 0.5) is 4.39 Å². The number of ether oxygens (including phenoxy) is 2. The minimum Gasteiger partial charge on any atom is -0.489 e. The molecular weight excluding hydrogens is 337 g/mol. The van der Waals surface area contributed by atoms with Crippen molar-refractivity contribution >= 4 is 16.8 Å². The molecule has 1 amide bonds. The molecule has 1 saturated heterocycles. The molecule has 1 atom stereocenters. The Morgan fingerprint density at radius 1 is 1.46 bits per heavy atom. The second kappa shape index (κ2) is 8.25. The summed E-state index contributed by atoms with van der Waals surface area (Å²) in [5, 5.41) is 0.840. The van der Waals surface area contributed by atoms with E-state index in [0.29, 0.717) is 48.6 Å². The molecule has 1 aromatic heterocycles. The van der Waals surface area contributed by atoms with Crippen molar-refractivity contribution in [3.8, 4) is 5.75 Å². The number of nitrogens with zero attached hydrogens (tertiary/aromatic N) is 2. The highest BCUT2D eigenvalue weighted by atomic mass is 19.1. The largest absolute Gasteiger partial charge is 0.489 e. The first kappa shape index (κ1) is 18.3. The monoisotopic (exact) mass is 359 g/mol. The summed E-state index contributed by atoms with van der Waals surface area (Å²) < 4.78 is 23.5. The van der Waals surface area contributed by atoms with Crippen molar-refractivity contribution in [2.45, 2.75) is 13.0 Å². The van der Waals surface area contributed by atoms with Crippen LogP contribution >= 0.6 is 0 Å². The number of amides is 1. The molecule has 0 aliphatic carbocycles. The summed E-state index contributed by atoms with van der Waals surface area (Å²) in [5.41, 5.74) is 6.90. The van der Waals surface area contributed by atoms with Crippen molar-refractivity contribution in [2.24, 2.45) is 5.73 Å². The minimum atomic E-state index is -0.0938. The summed E-state index contributed by atoms with van der Waals surface area (Å²) in [5.74, 6) is 0.497. The number of rotatable bonds is 5. The first-order valence-corrected chi connectivity index (χ1v) is 8.53. The van der Waals surface area contributed by atoms with E-state index in [1.165, 1.54) is 0 Å². The van der Waals surface area contributed by atoms with E-state index in [4.69, 9.17) is 15.2 Å². The van der Waals surface area contributed by atoms with E-state index >= 15 is 0 Å². The lowest BCUT2D eigenvalue weighted by Gasteiger charge is -2.33. The van der Waals surface area contributed by atoms with E-state index in [0.717, 1.165) is 5.39 Å². The van der Waals surface area contributed by atoms with E-state index in [-0.39, 0.29) is 25.1 Å². The maximum absolute atomic E-state index is 12.7. The molecule has 2 heterocycles. The zero-order valence-electron chi connectivity index (χ0n) is 14.7. The Hall–Kier alpha value is -2.51. The van der Waals surface area contributed by atoms with Crippen molar-refractivity contribution in [3.05, 3.63) is 47.9 Å². The molecule has 7 heteroatoms. The zero-order chi connectivity index (χ0) is 18.5. The van der Waals surface area contributed by atoms with E-state index in [2.05, 4.69) is 4.98 Å². The van der Waals surface area contributed by atoms with Crippen LogP contribution in [0.15, 0.2) is 42.2 Å². The fourth-order valence-corrected chi connectivity index (χ4v) is 2.80. The van der Waals surface area contributed by atoms with Gasteiger partial charge in [0.15, 0.2) is 0 Å². The molecular formula is C19H22FN3O3. The Labute approximate surface area is 151 Å². The van der Waals surface area contributed by atoms with Gasteiger partial charge in [-0.05, 0) is 31.2 Å². The normalized spacial score (nSPS) is 18.2. The summed E-state index contributed by atoms with van der Waals surface area (Å²) in [6.45, 7) is 3.82. The summed E-state index contributed by atoms with van der Waals surface area (Å²) in [6.07, 6.45) is 0.465. The van der Waals surface area contributed by atoms with Gasteiger partial charge < -0.3 is 20.1 Å². The molecule has 1 fully saturated rings. The maximum Gasteiger partial charge on any atom is 0.272 e. The number of benzene rings is 1. The first-order chi connectivity index (χ1) is 12.6. The molecule has 3 rings (SSSR count). The summed E-state index contributed by atoms with van der Waals surface area (Å²) in [4.78, 5) is 19.0. The topological polar surface area (TPSA) is 77.7 Å². The Kier molecular flexibility index (Phi) is 5.80. The number of fused-ring (bicyclic) bond motifs is 1. The van der Waals surface area contributed by atoms with Gasteiger partial charge in [0.25, 0.3) is 5.91 Å². The second-order valence-electron chi connectivity index (χ2n) is 6.23. The molecule has 2 aromatic rings. The molecule has 1 aliphatic heterocycles. The average molecular weight is 359 g/mol. The number of morpholine rings is 1. The summed E-state index contributed by atoms with van der Waals surface area (Å²) >= 11 is 0. The van der Waals surface area contributed by atoms with Crippen molar-refractivity contribution in [1.82, 2.24) is 9.88 Å². The highest BCUT2D eigenvalue weighted by molar-refractivity contribution is 5.95. The van der Waals surface area contributed by atoms with Gasteiger partial charge in [-0.2, -0.15) is 0 Å². The van der Waals surface area contributed by atoms with Gasteiger partial charge in [-0.1, -0.05) is 6.07 Å². The number of carbonyl (C=O) groups is 1. The number of nitrogens with two attached hydrogens (primary N) is 1. The van der Waals surface area contributed by atoms with Gasteiger partial charge in [0.2, 0.25) is 0 Å². The quantitative estimate of drug-likeness (QED) is 0.886. The highest BCUT2D eigenvalue weighted by Gasteiger charge is 2.25. The fourth-order valence-electron chi connectivity index (χ4n) is 2.80. The highest BCUT2D eigenvalue weighted by Crippen LogP contribution is 2.21. The number of hydrogen-bond acceptors (Lipinski definition) is 5. The van der Waals surface area contributed by atoms with Crippen LogP contribution < -0.4 is 10.5 Å². The SMILES string of the molecule is CC1COCCN1C(=O)c1ccc2cc(OC/C(=C/F)CN)ccc2n1. The predicted molar refractivity (Wildman–Crippen MR) is 96.8 cm³/mol. The van der Waals surface area contributed by atoms with Gasteiger partial charge in [-0.3, -0.25) is 4.79 Å². The van der Waals surface area contributed by atoms with Crippen LogP contribution in [0.25, 0.3) is 10.9 Å². The lowest BCUT2D eigenvalue weighted by Crippen LogP contribution is -2.47. The van der Waals surface area contributed by atoms with Crippen LogP contribution in [0.1, 0.15) is 17.4 Å². The van der Waals surface area contributed by atoms with Crippen molar-refractivity contribution in [3.63, 3.8) is 0 Å². The lowest BCUT2D eigenvalue weighted by molar-refractivity contribution is 0.00329. The number of hydrogen-bond donors (Lipinski definition) is 1. The van der Waals surface area contributed by atoms with Crippen LogP contribution in [0, 0.1) is 0 Å². The van der Waals surface area contributed by atoms with E-state index in [1.54, 1.807) is 29.2 Å². The average Bonchev–Trinajstić information content (AvgIpc) is 2.68. The van der Waals surface area contributed by atoms with E-state index in [1.807, 2.05) is 13.0 Å². The maximum atomic E-state index is 12.7.